The average Bonchev–Trinajstić information content (AvgIpc) is 3.05. The molecular weight excluding hydrogens is 270 g/mol. The lowest BCUT2D eigenvalue weighted by molar-refractivity contribution is 0.281. The molecule has 112 valence electrons. The SMILES string of the molecule is COc1cc(CO)cc(-c2noc(C3CCNCC3)n2)c1. The van der Waals surface area contributed by atoms with E-state index in [1.54, 1.807) is 13.2 Å². The molecule has 0 radical (unpaired) electrons. The van der Waals surface area contributed by atoms with Crippen LogP contribution in [0.25, 0.3) is 11.4 Å². The Morgan fingerprint density at radius 1 is 1.33 bits per heavy atom. The Hall–Kier alpha value is -1.92. The minimum Gasteiger partial charge on any atom is -0.497 e. The zero-order valence-electron chi connectivity index (χ0n) is 12.0. The van der Waals surface area contributed by atoms with Crippen molar-refractivity contribution < 1.29 is 14.4 Å². The quantitative estimate of drug-likeness (QED) is 0.892. The molecule has 1 aromatic carbocycles. The second kappa shape index (κ2) is 6.24. The van der Waals surface area contributed by atoms with Crippen LogP contribution in [0.1, 0.15) is 30.2 Å². The number of hydrogen-bond donors (Lipinski definition) is 2. The lowest BCUT2D eigenvalue weighted by Crippen LogP contribution is -2.26. The Morgan fingerprint density at radius 3 is 2.86 bits per heavy atom. The van der Waals surface area contributed by atoms with E-state index in [0.717, 1.165) is 37.1 Å². The van der Waals surface area contributed by atoms with Gasteiger partial charge in [0.15, 0.2) is 0 Å². The van der Waals surface area contributed by atoms with E-state index in [-0.39, 0.29) is 6.61 Å². The summed E-state index contributed by atoms with van der Waals surface area (Å²) in [5.41, 5.74) is 1.56. The molecule has 1 fully saturated rings. The van der Waals surface area contributed by atoms with Gasteiger partial charge in [0.1, 0.15) is 5.75 Å². The Labute approximate surface area is 123 Å². The van der Waals surface area contributed by atoms with Gasteiger partial charge in [-0.05, 0) is 49.7 Å². The molecule has 2 heterocycles. The number of hydrogen-bond acceptors (Lipinski definition) is 6. The number of rotatable bonds is 4. The third-order valence-corrected chi connectivity index (χ3v) is 3.77. The first-order valence-electron chi connectivity index (χ1n) is 7.13. The number of ether oxygens (including phenoxy) is 1. The number of benzene rings is 1. The van der Waals surface area contributed by atoms with Gasteiger partial charge in [-0.25, -0.2) is 0 Å². The summed E-state index contributed by atoms with van der Waals surface area (Å²) < 4.78 is 10.6. The molecule has 0 amide bonds. The fourth-order valence-electron chi connectivity index (χ4n) is 2.59. The summed E-state index contributed by atoms with van der Waals surface area (Å²) >= 11 is 0. The minimum atomic E-state index is -0.0524. The van der Waals surface area contributed by atoms with Crippen LogP contribution in [0.3, 0.4) is 0 Å². The zero-order chi connectivity index (χ0) is 14.7. The van der Waals surface area contributed by atoms with Gasteiger partial charge in [0.2, 0.25) is 11.7 Å². The summed E-state index contributed by atoms with van der Waals surface area (Å²) in [6.07, 6.45) is 2.03. The molecule has 0 spiro atoms. The Kier molecular flexibility index (Phi) is 4.17. The molecular formula is C15H19N3O3. The summed E-state index contributed by atoms with van der Waals surface area (Å²) in [4.78, 5) is 4.51. The van der Waals surface area contributed by atoms with E-state index >= 15 is 0 Å². The van der Waals surface area contributed by atoms with E-state index in [0.29, 0.717) is 23.4 Å². The van der Waals surface area contributed by atoms with Crippen LogP contribution in [-0.4, -0.2) is 35.4 Å². The average molecular weight is 289 g/mol. The monoisotopic (exact) mass is 289 g/mol. The number of aliphatic hydroxyl groups is 1. The second-order valence-electron chi connectivity index (χ2n) is 5.21. The molecule has 0 aliphatic carbocycles. The third-order valence-electron chi connectivity index (χ3n) is 3.77. The molecule has 2 N–H and O–H groups in total. The molecule has 3 rings (SSSR count). The molecule has 1 aromatic heterocycles. The maximum Gasteiger partial charge on any atom is 0.230 e. The summed E-state index contributed by atoms with van der Waals surface area (Å²) in [6.45, 7) is 1.91. The maximum absolute atomic E-state index is 9.31. The smallest absolute Gasteiger partial charge is 0.230 e. The maximum atomic E-state index is 9.31. The van der Waals surface area contributed by atoms with E-state index < -0.39 is 0 Å². The molecule has 0 unspecified atom stereocenters. The van der Waals surface area contributed by atoms with Gasteiger partial charge in [-0.1, -0.05) is 5.16 Å². The van der Waals surface area contributed by atoms with Gasteiger partial charge in [-0.3, -0.25) is 0 Å². The molecule has 1 aliphatic rings. The normalized spacial score (nSPS) is 16.1. The van der Waals surface area contributed by atoms with Crippen LogP contribution in [0.5, 0.6) is 5.75 Å². The van der Waals surface area contributed by atoms with E-state index in [1.807, 2.05) is 12.1 Å². The van der Waals surface area contributed by atoms with Crippen LogP contribution in [0.2, 0.25) is 0 Å². The summed E-state index contributed by atoms with van der Waals surface area (Å²) in [5, 5.41) is 16.7. The largest absolute Gasteiger partial charge is 0.497 e. The molecule has 1 saturated heterocycles. The molecule has 0 saturated carbocycles. The summed E-state index contributed by atoms with van der Waals surface area (Å²) in [7, 11) is 1.59. The Balaban J connectivity index is 1.88. The van der Waals surface area contributed by atoms with Crippen molar-refractivity contribution in [2.75, 3.05) is 20.2 Å². The van der Waals surface area contributed by atoms with Crippen molar-refractivity contribution in [3.8, 4) is 17.1 Å². The Morgan fingerprint density at radius 2 is 2.14 bits per heavy atom. The van der Waals surface area contributed by atoms with Gasteiger partial charge < -0.3 is 19.7 Å². The summed E-state index contributed by atoms with van der Waals surface area (Å²) in [5.74, 6) is 2.23. The number of piperidine rings is 1. The van der Waals surface area contributed by atoms with Gasteiger partial charge >= 0.3 is 0 Å². The predicted octanol–water partition coefficient (Wildman–Crippen LogP) is 1.70. The van der Waals surface area contributed by atoms with Gasteiger partial charge in [0, 0.05) is 11.5 Å². The number of nitrogens with zero attached hydrogens (tertiary/aromatic N) is 2. The van der Waals surface area contributed by atoms with Crippen LogP contribution >= 0.6 is 0 Å². The standard InChI is InChI=1S/C15H19N3O3/c1-20-13-7-10(9-19)6-12(8-13)14-17-15(21-18-14)11-2-4-16-5-3-11/h6-8,11,16,19H,2-5,9H2,1H3. The Bertz CT molecular complexity index is 584. The van der Waals surface area contributed by atoms with Crippen LogP contribution in [0, 0.1) is 0 Å². The van der Waals surface area contributed by atoms with E-state index in [2.05, 4.69) is 15.5 Å². The van der Waals surface area contributed by atoms with Crippen LogP contribution in [0.4, 0.5) is 0 Å². The van der Waals surface area contributed by atoms with Crippen molar-refractivity contribution in [2.45, 2.75) is 25.4 Å². The van der Waals surface area contributed by atoms with Gasteiger partial charge in [-0.2, -0.15) is 4.98 Å². The molecule has 21 heavy (non-hydrogen) atoms. The zero-order valence-corrected chi connectivity index (χ0v) is 12.0. The molecule has 2 aromatic rings. The highest BCUT2D eigenvalue weighted by atomic mass is 16.5. The second-order valence-corrected chi connectivity index (χ2v) is 5.21. The van der Waals surface area contributed by atoms with Gasteiger partial charge in [-0.15, -0.1) is 0 Å². The third kappa shape index (κ3) is 3.06. The number of aliphatic hydroxyl groups excluding tert-OH is 1. The molecule has 1 aliphatic heterocycles. The molecule has 0 bridgehead atoms. The minimum absolute atomic E-state index is 0.0524. The van der Waals surface area contributed by atoms with Crippen LogP contribution < -0.4 is 10.1 Å². The number of methoxy groups -OCH3 is 1. The fraction of sp³-hybridized carbons (Fsp3) is 0.467. The van der Waals surface area contributed by atoms with E-state index in [1.165, 1.54) is 0 Å². The predicted molar refractivity (Wildman–Crippen MR) is 77.1 cm³/mol. The van der Waals surface area contributed by atoms with Crippen LogP contribution in [0.15, 0.2) is 22.7 Å². The van der Waals surface area contributed by atoms with Crippen molar-refractivity contribution in [3.63, 3.8) is 0 Å². The van der Waals surface area contributed by atoms with E-state index in [4.69, 9.17) is 9.26 Å². The first kappa shape index (κ1) is 14.0. The lowest BCUT2D eigenvalue weighted by atomic mass is 9.98. The first-order chi connectivity index (χ1) is 10.3. The highest BCUT2D eigenvalue weighted by Crippen LogP contribution is 2.28. The van der Waals surface area contributed by atoms with Crippen molar-refractivity contribution in [1.29, 1.82) is 0 Å². The first-order valence-corrected chi connectivity index (χ1v) is 7.13. The molecule has 6 nitrogen and oxygen atoms in total. The van der Waals surface area contributed by atoms with Crippen molar-refractivity contribution in [3.05, 3.63) is 29.7 Å². The van der Waals surface area contributed by atoms with Gasteiger partial charge in [0.05, 0.1) is 13.7 Å². The lowest BCUT2D eigenvalue weighted by Gasteiger charge is -2.18. The number of nitrogens with one attached hydrogen (secondary N) is 1. The van der Waals surface area contributed by atoms with Crippen LogP contribution in [-0.2, 0) is 6.61 Å². The highest BCUT2D eigenvalue weighted by Gasteiger charge is 2.22. The molecule has 0 atom stereocenters. The van der Waals surface area contributed by atoms with E-state index in [9.17, 15) is 5.11 Å². The van der Waals surface area contributed by atoms with Gasteiger partial charge in [0.25, 0.3) is 0 Å². The fourth-order valence-corrected chi connectivity index (χ4v) is 2.59. The van der Waals surface area contributed by atoms with Crippen molar-refractivity contribution >= 4 is 0 Å². The number of aromatic nitrogens is 2. The molecule has 6 heteroatoms. The highest BCUT2D eigenvalue weighted by molar-refractivity contribution is 5.58. The summed E-state index contributed by atoms with van der Waals surface area (Å²) in [6, 6.07) is 5.48. The van der Waals surface area contributed by atoms with Crippen molar-refractivity contribution in [2.24, 2.45) is 0 Å². The topological polar surface area (TPSA) is 80.4 Å². The van der Waals surface area contributed by atoms with Crippen molar-refractivity contribution in [1.82, 2.24) is 15.5 Å².